The van der Waals surface area contributed by atoms with Crippen molar-refractivity contribution < 1.29 is 9.32 Å². The largest absolute Gasteiger partial charge is 0.354 e. The summed E-state index contributed by atoms with van der Waals surface area (Å²) in [6.45, 7) is 10.8. The molecule has 0 bridgehead atoms. The molecule has 0 aliphatic carbocycles. The Morgan fingerprint density at radius 2 is 1.77 bits per heavy atom. The van der Waals surface area contributed by atoms with E-state index in [0.717, 1.165) is 18.4 Å². The molecule has 1 N–H and O–H groups in total. The van der Waals surface area contributed by atoms with Crippen molar-refractivity contribution in [2.24, 2.45) is 5.92 Å². The van der Waals surface area contributed by atoms with Gasteiger partial charge in [-0.1, -0.05) is 57.1 Å². The van der Waals surface area contributed by atoms with Crippen molar-refractivity contribution >= 4 is 5.91 Å². The maximum absolute atomic E-state index is 12.0. The molecule has 142 valence electrons. The van der Waals surface area contributed by atoms with Gasteiger partial charge in [0.15, 0.2) is 0 Å². The van der Waals surface area contributed by atoms with Gasteiger partial charge in [0.2, 0.25) is 17.6 Å². The van der Waals surface area contributed by atoms with Crippen LogP contribution in [0.1, 0.15) is 71.3 Å². The molecule has 0 spiro atoms. The highest BCUT2D eigenvalue weighted by molar-refractivity contribution is 5.76. The summed E-state index contributed by atoms with van der Waals surface area (Å²) in [5.74, 6) is 2.24. The molecule has 0 fully saturated rings. The SMILES string of the molecule is CC(C)CCC(C)NC(=O)CCc1nc(-c2ccc(C(C)C)cc2)no1. The average Bonchev–Trinajstić information content (AvgIpc) is 3.07. The smallest absolute Gasteiger partial charge is 0.227 e. The van der Waals surface area contributed by atoms with Gasteiger partial charge in [0.25, 0.3) is 0 Å². The fourth-order valence-electron chi connectivity index (χ4n) is 2.71. The number of aryl methyl sites for hydroxylation is 1. The van der Waals surface area contributed by atoms with Crippen LogP contribution in [0.5, 0.6) is 0 Å². The fourth-order valence-corrected chi connectivity index (χ4v) is 2.71. The minimum Gasteiger partial charge on any atom is -0.354 e. The molecular weight excluding hydrogens is 326 g/mol. The van der Waals surface area contributed by atoms with Gasteiger partial charge in [0.1, 0.15) is 0 Å². The highest BCUT2D eigenvalue weighted by atomic mass is 16.5. The van der Waals surface area contributed by atoms with E-state index in [0.29, 0.717) is 36.4 Å². The van der Waals surface area contributed by atoms with Crippen molar-refractivity contribution in [3.8, 4) is 11.4 Å². The molecule has 1 aromatic carbocycles. The Hall–Kier alpha value is -2.17. The quantitative estimate of drug-likeness (QED) is 0.704. The van der Waals surface area contributed by atoms with Crippen LogP contribution in [0.25, 0.3) is 11.4 Å². The number of nitrogens with one attached hydrogen (secondary N) is 1. The van der Waals surface area contributed by atoms with Gasteiger partial charge in [-0.05, 0) is 37.2 Å². The van der Waals surface area contributed by atoms with Gasteiger partial charge in [0.05, 0.1) is 0 Å². The van der Waals surface area contributed by atoms with E-state index in [-0.39, 0.29) is 11.9 Å². The second-order valence-corrected chi connectivity index (χ2v) is 7.73. The van der Waals surface area contributed by atoms with Crippen LogP contribution in [-0.2, 0) is 11.2 Å². The van der Waals surface area contributed by atoms with Crippen LogP contribution in [-0.4, -0.2) is 22.1 Å². The molecule has 1 aromatic heterocycles. The number of hydrogen-bond acceptors (Lipinski definition) is 4. The number of rotatable bonds is 9. The van der Waals surface area contributed by atoms with E-state index in [2.05, 4.69) is 55.3 Å². The minimum absolute atomic E-state index is 0.0299. The molecule has 2 aromatic rings. The van der Waals surface area contributed by atoms with Gasteiger partial charge >= 0.3 is 0 Å². The van der Waals surface area contributed by atoms with Crippen molar-refractivity contribution in [2.75, 3.05) is 0 Å². The Morgan fingerprint density at radius 3 is 2.38 bits per heavy atom. The maximum Gasteiger partial charge on any atom is 0.227 e. The molecular formula is C21H31N3O2. The molecule has 5 heteroatoms. The van der Waals surface area contributed by atoms with Crippen LogP contribution < -0.4 is 5.32 Å². The zero-order chi connectivity index (χ0) is 19.1. The highest BCUT2D eigenvalue weighted by Gasteiger charge is 2.13. The summed E-state index contributed by atoms with van der Waals surface area (Å²) in [6, 6.07) is 8.38. The number of nitrogens with zero attached hydrogens (tertiary/aromatic N) is 2. The van der Waals surface area contributed by atoms with Crippen molar-refractivity contribution in [3.63, 3.8) is 0 Å². The summed E-state index contributed by atoms with van der Waals surface area (Å²) in [5, 5.41) is 7.06. The third kappa shape index (κ3) is 6.28. The van der Waals surface area contributed by atoms with Gasteiger partial charge in [0, 0.05) is 24.4 Å². The molecule has 0 radical (unpaired) electrons. The molecule has 26 heavy (non-hydrogen) atoms. The monoisotopic (exact) mass is 357 g/mol. The van der Waals surface area contributed by atoms with Gasteiger partial charge in [-0.15, -0.1) is 0 Å². The highest BCUT2D eigenvalue weighted by Crippen LogP contribution is 2.20. The lowest BCUT2D eigenvalue weighted by molar-refractivity contribution is -0.121. The molecule has 1 amide bonds. The molecule has 1 atom stereocenters. The molecule has 1 unspecified atom stereocenters. The van der Waals surface area contributed by atoms with Crippen LogP contribution in [0.15, 0.2) is 28.8 Å². The van der Waals surface area contributed by atoms with E-state index in [9.17, 15) is 4.79 Å². The van der Waals surface area contributed by atoms with Gasteiger partial charge in [-0.2, -0.15) is 4.98 Å². The van der Waals surface area contributed by atoms with Crippen molar-refractivity contribution in [1.82, 2.24) is 15.5 Å². The normalized spacial score (nSPS) is 12.6. The summed E-state index contributed by atoms with van der Waals surface area (Å²) in [5.41, 5.74) is 2.21. The lowest BCUT2D eigenvalue weighted by atomic mass is 10.0. The predicted octanol–water partition coefficient (Wildman–Crippen LogP) is 4.73. The van der Waals surface area contributed by atoms with Crippen molar-refractivity contribution in [3.05, 3.63) is 35.7 Å². The number of carbonyl (C=O) groups is 1. The van der Waals surface area contributed by atoms with Crippen molar-refractivity contribution in [1.29, 1.82) is 0 Å². The fraction of sp³-hybridized carbons (Fsp3) is 0.571. The van der Waals surface area contributed by atoms with Gasteiger partial charge < -0.3 is 9.84 Å². The summed E-state index contributed by atoms with van der Waals surface area (Å²) >= 11 is 0. The summed E-state index contributed by atoms with van der Waals surface area (Å²) in [6.07, 6.45) is 2.93. The number of benzene rings is 1. The number of carbonyl (C=O) groups excluding carboxylic acids is 1. The van der Waals surface area contributed by atoms with Crippen LogP contribution in [0.2, 0.25) is 0 Å². The zero-order valence-electron chi connectivity index (χ0n) is 16.6. The van der Waals surface area contributed by atoms with E-state index < -0.39 is 0 Å². The third-order valence-corrected chi connectivity index (χ3v) is 4.45. The van der Waals surface area contributed by atoms with E-state index in [1.165, 1.54) is 5.56 Å². The maximum atomic E-state index is 12.0. The molecule has 0 saturated heterocycles. The molecule has 5 nitrogen and oxygen atoms in total. The topological polar surface area (TPSA) is 68.0 Å². The first-order chi connectivity index (χ1) is 12.3. The average molecular weight is 357 g/mol. The van der Waals surface area contributed by atoms with E-state index in [4.69, 9.17) is 4.52 Å². The molecule has 0 aliphatic rings. The molecule has 2 rings (SSSR count). The summed E-state index contributed by atoms with van der Waals surface area (Å²) in [4.78, 5) is 16.5. The lowest BCUT2D eigenvalue weighted by Gasteiger charge is -2.14. The zero-order valence-corrected chi connectivity index (χ0v) is 16.6. The van der Waals surface area contributed by atoms with Gasteiger partial charge in [-0.3, -0.25) is 4.79 Å². The summed E-state index contributed by atoms with van der Waals surface area (Å²) < 4.78 is 5.29. The molecule has 0 saturated carbocycles. The van der Waals surface area contributed by atoms with E-state index in [1.807, 2.05) is 19.1 Å². The Bertz CT molecular complexity index is 690. The second-order valence-electron chi connectivity index (χ2n) is 7.73. The Balaban J connectivity index is 1.83. The third-order valence-electron chi connectivity index (χ3n) is 4.45. The van der Waals surface area contributed by atoms with Crippen LogP contribution >= 0.6 is 0 Å². The van der Waals surface area contributed by atoms with Crippen LogP contribution in [0, 0.1) is 5.92 Å². The molecule has 0 aliphatic heterocycles. The predicted molar refractivity (Wildman–Crippen MR) is 104 cm³/mol. The van der Waals surface area contributed by atoms with E-state index >= 15 is 0 Å². The summed E-state index contributed by atoms with van der Waals surface area (Å²) in [7, 11) is 0. The number of aromatic nitrogens is 2. The van der Waals surface area contributed by atoms with Crippen LogP contribution in [0.4, 0.5) is 0 Å². The minimum atomic E-state index is 0.0299. The second kappa shape index (κ2) is 9.51. The lowest BCUT2D eigenvalue weighted by Crippen LogP contribution is -2.32. The first-order valence-corrected chi connectivity index (χ1v) is 9.57. The van der Waals surface area contributed by atoms with E-state index in [1.54, 1.807) is 0 Å². The number of amides is 1. The van der Waals surface area contributed by atoms with Crippen LogP contribution in [0.3, 0.4) is 0 Å². The number of hydrogen-bond donors (Lipinski definition) is 1. The standard InChI is InChI=1S/C21H31N3O2/c1-14(2)6-7-16(5)22-19(25)12-13-20-23-21(24-26-20)18-10-8-17(9-11-18)15(3)4/h8-11,14-16H,6-7,12-13H2,1-5H3,(H,22,25). The Labute approximate surface area is 156 Å². The Morgan fingerprint density at radius 1 is 1.08 bits per heavy atom. The first-order valence-electron chi connectivity index (χ1n) is 9.57. The Kier molecular flexibility index (Phi) is 7.37. The van der Waals surface area contributed by atoms with Crippen molar-refractivity contribution in [2.45, 2.75) is 72.3 Å². The molecule has 1 heterocycles. The first kappa shape index (κ1) is 20.1. The van der Waals surface area contributed by atoms with Gasteiger partial charge in [-0.25, -0.2) is 0 Å².